The van der Waals surface area contributed by atoms with Crippen LogP contribution in [0.25, 0.3) is 11.1 Å². The summed E-state index contributed by atoms with van der Waals surface area (Å²) in [6.07, 6.45) is 10.9. The third kappa shape index (κ3) is 5.77. The minimum Gasteiger partial charge on any atom is -0.374 e. The van der Waals surface area contributed by atoms with Gasteiger partial charge in [0.1, 0.15) is 19.2 Å². The second kappa shape index (κ2) is 11.2. The Morgan fingerprint density at radius 3 is 2.67 bits per heavy atom. The van der Waals surface area contributed by atoms with E-state index in [1.165, 1.54) is 25.7 Å². The number of unbranched alkanes of at least 4 members (excludes halogenated alkanes) is 2. The molecule has 0 bridgehead atoms. The van der Waals surface area contributed by atoms with Gasteiger partial charge in [-0.1, -0.05) is 53.6 Å². The zero-order valence-electron chi connectivity index (χ0n) is 18.7. The molecular weight excluding hydrogens is 392 g/mol. The summed E-state index contributed by atoms with van der Waals surface area (Å²) in [7, 11) is 4.41. The molecule has 2 nitrogen and oxygen atoms in total. The second-order valence-corrected chi connectivity index (χ2v) is 9.02. The van der Waals surface area contributed by atoms with Crippen molar-refractivity contribution in [1.29, 1.82) is 0 Å². The van der Waals surface area contributed by atoms with E-state index in [1.54, 1.807) is 0 Å². The van der Waals surface area contributed by atoms with E-state index in [-0.39, 0.29) is 0 Å². The zero-order valence-corrected chi connectivity index (χ0v) is 19.8. The highest BCUT2D eigenvalue weighted by Crippen LogP contribution is 2.39. The highest BCUT2D eigenvalue weighted by Gasteiger charge is 2.20. The molecule has 2 aromatic carbocycles. The van der Waals surface area contributed by atoms with Gasteiger partial charge >= 0.3 is 0 Å². The molecule has 3 rings (SSSR count). The predicted molar refractivity (Wildman–Crippen MR) is 129 cm³/mol. The Balaban J connectivity index is 1.99. The molecule has 0 heterocycles. The first kappa shape index (κ1) is 23.1. The summed E-state index contributed by atoms with van der Waals surface area (Å²) in [6, 6.07) is 12.5. The molecule has 1 saturated carbocycles. The lowest BCUT2D eigenvalue weighted by atomic mass is 9.93. The molecule has 0 amide bonds. The molecule has 1 fully saturated rings. The molecule has 0 N–H and O–H groups in total. The SMILES string of the molecule is CCCCC=[N+](C)c1ccc(-c2cccc(C)c2C(F)P)c(COC2CCCC2)c1. The molecular formula is C26H36FNOP+. The van der Waals surface area contributed by atoms with Gasteiger partial charge in [-0.05, 0) is 54.5 Å². The van der Waals surface area contributed by atoms with Gasteiger partial charge in [0.2, 0.25) is 5.69 Å². The Labute approximate surface area is 183 Å². The summed E-state index contributed by atoms with van der Waals surface area (Å²) in [6.45, 7) is 4.76. The Bertz CT molecular complexity index is 871. The third-order valence-electron chi connectivity index (χ3n) is 6.12. The Hall–Kier alpha value is -1.57. The van der Waals surface area contributed by atoms with Crippen molar-refractivity contribution in [2.24, 2.45) is 0 Å². The van der Waals surface area contributed by atoms with Crippen LogP contribution in [0.4, 0.5) is 10.1 Å². The summed E-state index contributed by atoms with van der Waals surface area (Å²) in [5, 5.41) is 0. The summed E-state index contributed by atoms with van der Waals surface area (Å²) < 4.78 is 23.0. The lowest BCUT2D eigenvalue weighted by molar-refractivity contribution is -0.400. The van der Waals surface area contributed by atoms with E-state index in [0.717, 1.165) is 52.8 Å². The van der Waals surface area contributed by atoms with Gasteiger partial charge in [0.25, 0.3) is 0 Å². The molecule has 0 radical (unpaired) electrons. The van der Waals surface area contributed by atoms with Crippen molar-refractivity contribution in [1.82, 2.24) is 0 Å². The summed E-state index contributed by atoms with van der Waals surface area (Å²) in [4.78, 5) is 0. The van der Waals surface area contributed by atoms with Crippen LogP contribution < -0.4 is 0 Å². The van der Waals surface area contributed by atoms with E-state index in [0.29, 0.717) is 12.7 Å². The lowest BCUT2D eigenvalue weighted by Crippen LogP contribution is -2.09. The highest BCUT2D eigenvalue weighted by molar-refractivity contribution is 7.16. The molecule has 2 aromatic rings. The fourth-order valence-corrected chi connectivity index (χ4v) is 4.76. The van der Waals surface area contributed by atoms with Crippen LogP contribution in [0.2, 0.25) is 0 Å². The van der Waals surface area contributed by atoms with Crippen molar-refractivity contribution in [2.45, 2.75) is 77.4 Å². The molecule has 4 heteroatoms. The molecule has 1 aliphatic rings. The fourth-order valence-electron chi connectivity index (χ4n) is 4.32. The topological polar surface area (TPSA) is 12.2 Å². The Morgan fingerprint density at radius 2 is 1.97 bits per heavy atom. The number of rotatable bonds is 9. The van der Waals surface area contributed by atoms with Gasteiger partial charge in [-0.15, -0.1) is 0 Å². The molecule has 0 aliphatic heterocycles. The number of alkyl halides is 1. The maximum Gasteiger partial charge on any atom is 0.205 e. The quantitative estimate of drug-likeness (QED) is 0.174. The van der Waals surface area contributed by atoms with Crippen LogP contribution in [0.5, 0.6) is 0 Å². The van der Waals surface area contributed by atoms with Gasteiger partial charge in [-0.3, -0.25) is 0 Å². The summed E-state index contributed by atoms with van der Waals surface area (Å²) in [5.74, 6) is -1.09. The molecule has 0 spiro atoms. The molecule has 0 saturated heterocycles. The van der Waals surface area contributed by atoms with Crippen LogP contribution in [0.3, 0.4) is 0 Å². The lowest BCUT2D eigenvalue weighted by Gasteiger charge is -2.18. The van der Waals surface area contributed by atoms with Gasteiger partial charge in [0, 0.05) is 24.1 Å². The van der Waals surface area contributed by atoms with Crippen molar-refractivity contribution in [3.05, 3.63) is 53.1 Å². The van der Waals surface area contributed by atoms with Crippen LogP contribution in [-0.4, -0.2) is 23.9 Å². The van der Waals surface area contributed by atoms with Crippen LogP contribution >= 0.6 is 9.24 Å². The molecule has 1 aliphatic carbocycles. The number of halogens is 1. The predicted octanol–water partition coefficient (Wildman–Crippen LogP) is 7.50. The van der Waals surface area contributed by atoms with Gasteiger partial charge < -0.3 is 4.74 Å². The monoisotopic (exact) mass is 428 g/mol. The van der Waals surface area contributed by atoms with Gasteiger partial charge in [-0.2, -0.15) is 0 Å². The molecule has 0 aromatic heterocycles. The number of hydrogen-bond donors (Lipinski definition) is 0. The highest BCUT2D eigenvalue weighted by atomic mass is 31.0. The van der Waals surface area contributed by atoms with Crippen LogP contribution in [-0.2, 0) is 11.3 Å². The first-order valence-corrected chi connectivity index (χ1v) is 12.0. The Kier molecular flexibility index (Phi) is 8.60. The molecule has 2 atom stereocenters. The Morgan fingerprint density at radius 1 is 1.20 bits per heavy atom. The van der Waals surface area contributed by atoms with E-state index >= 15 is 0 Å². The van der Waals surface area contributed by atoms with Crippen LogP contribution in [0, 0.1) is 6.92 Å². The number of ether oxygens (including phenoxy) is 1. The maximum atomic E-state index is 14.5. The van der Waals surface area contributed by atoms with E-state index < -0.39 is 5.91 Å². The third-order valence-corrected chi connectivity index (χ3v) is 6.46. The van der Waals surface area contributed by atoms with Crippen LogP contribution in [0.15, 0.2) is 36.4 Å². The van der Waals surface area contributed by atoms with Crippen molar-refractivity contribution in [2.75, 3.05) is 7.05 Å². The fraction of sp³-hybridized carbons (Fsp3) is 0.500. The van der Waals surface area contributed by atoms with Gasteiger partial charge in [0.15, 0.2) is 0 Å². The smallest absolute Gasteiger partial charge is 0.205 e. The largest absolute Gasteiger partial charge is 0.374 e. The van der Waals surface area contributed by atoms with E-state index in [1.807, 2.05) is 25.1 Å². The number of benzene rings is 2. The van der Waals surface area contributed by atoms with Crippen molar-refractivity contribution in [3.8, 4) is 11.1 Å². The number of aryl methyl sites for hydroxylation is 1. The minimum absolute atomic E-state index is 0.350. The normalized spacial score (nSPS) is 16.2. The van der Waals surface area contributed by atoms with Gasteiger partial charge in [-0.25, -0.2) is 8.97 Å². The maximum absolute atomic E-state index is 14.5. The van der Waals surface area contributed by atoms with Gasteiger partial charge in [0.05, 0.1) is 12.7 Å². The van der Waals surface area contributed by atoms with Crippen LogP contribution in [0.1, 0.15) is 74.5 Å². The van der Waals surface area contributed by atoms with E-state index in [2.05, 4.69) is 52.2 Å². The average Bonchev–Trinajstić information content (AvgIpc) is 3.25. The zero-order chi connectivity index (χ0) is 21.5. The molecule has 2 unspecified atom stereocenters. The first-order chi connectivity index (χ1) is 14.5. The standard InChI is InChI=1S/C26H36FNOP/c1-4-5-8-16-28(3)21-14-15-23(20(17-21)18-29-22-11-6-7-12-22)24-13-9-10-19(2)25(24)26(27)30/h9-10,13-17,22,26H,4-8,11-12,18,30H2,1-3H3/q+1. The number of hydrogen-bond acceptors (Lipinski definition) is 1. The molecule has 30 heavy (non-hydrogen) atoms. The second-order valence-electron chi connectivity index (χ2n) is 8.43. The average molecular weight is 429 g/mol. The first-order valence-electron chi connectivity index (χ1n) is 11.3. The van der Waals surface area contributed by atoms with Crippen molar-refractivity contribution >= 4 is 21.1 Å². The van der Waals surface area contributed by atoms with E-state index in [9.17, 15) is 4.39 Å². The van der Waals surface area contributed by atoms with E-state index in [4.69, 9.17) is 4.74 Å². The van der Waals surface area contributed by atoms with Crippen molar-refractivity contribution < 1.29 is 13.7 Å². The minimum atomic E-state index is -1.09. The van der Waals surface area contributed by atoms with Crippen molar-refractivity contribution in [3.63, 3.8) is 0 Å². The molecule has 162 valence electrons. The number of nitrogens with zero attached hydrogens (tertiary/aromatic N) is 1. The summed E-state index contributed by atoms with van der Waals surface area (Å²) >= 11 is 0. The summed E-state index contributed by atoms with van der Waals surface area (Å²) in [5.41, 5.74) is 6.05.